The number of benzene rings is 1. The van der Waals surface area contributed by atoms with Gasteiger partial charge in [-0.05, 0) is 25.0 Å². The third-order valence-electron chi connectivity index (χ3n) is 2.93. The van der Waals surface area contributed by atoms with Gasteiger partial charge in [0.1, 0.15) is 5.75 Å². The van der Waals surface area contributed by atoms with E-state index in [1.165, 1.54) is 0 Å². The lowest BCUT2D eigenvalue weighted by atomic mass is 10.2. The van der Waals surface area contributed by atoms with Gasteiger partial charge in [-0.3, -0.25) is 9.59 Å². The molecule has 1 rings (SSSR count). The second-order valence-corrected chi connectivity index (χ2v) is 4.68. The Balaban J connectivity index is 2.26. The summed E-state index contributed by atoms with van der Waals surface area (Å²) in [5, 5.41) is 2.77. The standard InChI is InChI=1S/C16H23NO4/c1-3-4-12-21-16(19)11-7-10-15(18)17-13-8-5-6-9-14(13)20-2/h5-6,8-9H,3-4,7,10-12H2,1-2H3,(H,17,18). The molecule has 0 aliphatic heterocycles. The predicted octanol–water partition coefficient (Wildman–Crippen LogP) is 3.15. The van der Waals surface area contributed by atoms with Crippen molar-refractivity contribution in [2.75, 3.05) is 19.0 Å². The largest absolute Gasteiger partial charge is 0.495 e. The van der Waals surface area contributed by atoms with Crippen molar-refractivity contribution in [2.45, 2.75) is 39.0 Å². The highest BCUT2D eigenvalue weighted by molar-refractivity contribution is 5.92. The van der Waals surface area contributed by atoms with E-state index in [2.05, 4.69) is 5.32 Å². The first-order valence-electron chi connectivity index (χ1n) is 7.25. The molecule has 5 heteroatoms. The third kappa shape index (κ3) is 6.79. The van der Waals surface area contributed by atoms with Crippen LogP contribution in [-0.2, 0) is 14.3 Å². The number of anilines is 1. The molecule has 1 amide bonds. The number of carbonyl (C=O) groups is 2. The molecule has 116 valence electrons. The highest BCUT2D eigenvalue weighted by Gasteiger charge is 2.08. The number of methoxy groups -OCH3 is 1. The maximum atomic E-state index is 11.8. The number of unbranched alkanes of at least 4 members (excludes halogenated alkanes) is 1. The highest BCUT2D eigenvalue weighted by atomic mass is 16.5. The fourth-order valence-electron chi connectivity index (χ4n) is 1.76. The molecular weight excluding hydrogens is 270 g/mol. The predicted molar refractivity (Wildman–Crippen MR) is 81.3 cm³/mol. The summed E-state index contributed by atoms with van der Waals surface area (Å²) in [6.07, 6.45) is 2.89. The monoisotopic (exact) mass is 293 g/mol. The van der Waals surface area contributed by atoms with E-state index >= 15 is 0 Å². The molecule has 0 saturated heterocycles. The first-order chi connectivity index (χ1) is 10.2. The van der Waals surface area contributed by atoms with E-state index in [-0.39, 0.29) is 24.7 Å². The first-order valence-corrected chi connectivity index (χ1v) is 7.25. The Morgan fingerprint density at radius 1 is 1.14 bits per heavy atom. The summed E-state index contributed by atoms with van der Waals surface area (Å²) in [6, 6.07) is 7.21. The number of nitrogens with one attached hydrogen (secondary N) is 1. The number of hydrogen-bond acceptors (Lipinski definition) is 4. The van der Waals surface area contributed by atoms with Crippen LogP contribution in [0.3, 0.4) is 0 Å². The van der Waals surface area contributed by atoms with Gasteiger partial charge in [-0.1, -0.05) is 25.5 Å². The van der Waals surface area contributed by atoms with Crippen LogP contribution in [-0.4, -0.2) is 25.6 Å². The fourth-order valence-corrected chi connectivity index (χ4v) is 1.76. The summed E-state index contributed by atoms with van der Waals surface area (Å²) in [5.74, 6) is 0.235. The molecule has 0 spiro atoms. The van der Waals surface area contributed by atoms with Gasteiger partial charge in [-0.15, -0.1) is 0 Å². The molecule has 0 heterocycles. The van der Waals surface area contributed by atoms with E-state index in [1.54, 1.807) is 19.2 Å². The van der Waals surface area contributed by atoms with E-state index in [9.17, 15) is 9.59 Å². The molecule has 1 N–H and O–H groups in total. The van der Waals surface area contributed by atoms with Gasteiger partial charge in [0.25, 0.3) is 0 Å². The summed E-state index contributed by atoms with van der Waals surface area (Å²) in [7, 11) is 1.55. The van der Waals surface area contributed by atoms with Gasteiger partial charge < -0.3 is 14.8 Å². The first kappa shape index (κ1) is 17.0. The molecule has 0 atom stereocenters. The Morgan fingerprint density at radius 2 is 1.90 bits per heavy atom. The van der Waals surface area contributed by atoms with Crippen LogP contribution in [0.15, 0.2) is 24.3 Å². The van der Waals surface area contributed by atoms with Gasteiger partial charge in [-0.25, -0.2) is 0 Å². The van der Waals surface area contributed by atoms with Crippen molar-refractivity contribution < 1.29 is 19.1 Å². The van der Waals surface area contributed by atoms with Gasteiger partial charge in [0.05, 0.1) is 19.4 Å². The molecule has 5 nitrogen and oxygen atoms in total. The fraction of sp³-hybridized carbons (Fsp3) is 0.500. The SMILES string of the molecule is CCCCOC(=O)CCCC(=O)Nc1ccccc1OC. The lowest BCUT2D eigenvalue weighted by Crippen LogP contribution is -2.13. The van der Waals surface area contributed by atoms with Crippen LogP contribution >= 0.6 is 0 Å². The molecule has 0 aliphatic rings. The Kier molecular flexibility index (Phi) is 7.94. The van der Waals surface area contributed by atoms with E-state index in [0.717, 1.165) is 12.8 Å². The maximum absolute atomic E-state index is 11.8. The number of para-hydroxylation sites is 2. The summed E-state index contributed by atoms with van der Waals surface area (Å²) in [5.41, 5.74) is 0.635. The molecule has 1 aromatic carbocycles. The molecular formula is C16H23NO4. The number of amides is 1. The molecule has 0 bridgehead atoms. The Hall–Kier alpha value is -2.04. The van der Waals surface area contributed by atoms with Gasteiger partial charge in [0.2, 0.25) is 5.91 Å². The molecule has 21 heavy (non-hydrogen) atoms. The van der Waals surface area contributed by atoms with Crippen LogP contribution in [0.2, 0.25) is 0 Å². The lowest BCUT2D eigenvalue weighted by Gasteiger charge is -2.09. The minimum atomic E-state index is -0.242. The zero-order chi connectivity index (χ0) is 15.5. The third-order valence-corrected chi connectivity index (χ3v) is 2.93. The molecule has 0 aromatic heterocycles. The second kappa shape index (κ2) is 9.80. The summed E-state index contributed by atoms with van der Waals surface area (Å²) >= 11 is 0. The van der Waals surface area contributed by atoms with Crippen molar-refractivity contribution in [3.05, 3.63) is 24.3 Å². The number of carbonyl (C=O) groups excluding carboxylic acids is 2. The molecule has 0 unspecified atom stereocenters. The number of esters is 1. The van der Waals surface area contributed by atoms with Crippen molar-refractivity contribution in [3.63, 3.8) is 0 Å². The summed E-state index contributed by atoms with van der Waals surface area (Å²) < 4.78 is 10.2. The van der Waals surface area contributed by atoms with Crippen molar-refractivity contribution in [1.29, 1.82) is 0 Å². The molecule has 0 aliphatic carbocycles. The Labute approximate surface area is 125 Å². The molecule has 1 aromatic rings. The Morgan fingerprint density at radius 3 is 2.62 bits per heavy atom. The van der Waals surface area contributed by atoms with E-state index < -0.39 is 0 Å². The van der Waals surface area contributed by atoms with Crippen LogP contribution in [0.25, 0.3) is 0 Å². The van der Waals surface area contributed by atoms with Crippen LogP contribution in [0.5, 0.6) is 5.75 Å². The van der Waals surface area contributed by atoms with Gasteiger partial charge in [0.15, 0.2) is 0 Å². The normalized spacial score (nSPS) is 10.0. The van der Waals surface area contributed by atoms with Crippen molar-refractivity contribution in [3.8, 4) is 5.75 Å². The van der Waals surface area contributed by atoms with Gasteiger partial charge in [0, 0.05) is 12.8 Å². The minimum Gasteiger partial charge on any atom is -0.495 e. The summed E-state index contributed by atoms with van der Waals surface area (Å²) in [6.45, 7) is 2.50. The average molecular weight is 293 g/mol. The van der Waals surface area contributed by atoms with Crippen molar-refractivity contribution in [2.24, 2.45) is 0 Å². The second-order valence-electron chi connectivity index (χ2n) is 4.68. The molecule has 0 saturated carbocycles. The van der Waals surface area contributed by atoms with Gasteiger partial charge >= 0.3 is 5.97 Å². The summed E-state index contributed by atoms with van der Waals surface area (Å²) in [4.78, 5) is 23.2. The number of hydrogen-bond donors (Lipinski definition) is 1. The lowest BCUT2D eigenvalue weighted by molar-refractivity contribution is -0.143. The average Bonchev–Trinajstić information content (AvgIpc) is 2.48. The quantitative estimate of drug-likeness (QED) is 0.561. The number of rotatable bonds is 9. The van der Waals surface area contributed by atoms with E-state index in [0.29, 0.717) is 24.5 Å². The van der Waals surface area contributed by atoms with E-state index in [1.807, 2.05) is 19.1 Å². The Bertz CT molecular complexity index is 459. The smallest absolute Gasteiger partial charge is 0.305 e. The van der Waals surface area contributed by atoms with Crippen LogP contribution in [0, 0.1) is 0 Å². The maximum Gasteiger partial charge on any atom is 0.305 e. The minimum absolute atomic E-state index is 0.138. The van der Waals surface area contributed by atoms with Crippen molar-refractivity contribution in [1.82, 2.24) is 0 Å². The van der Waals surface area contributed by atoms with Crippen LogP contribution < -0.4 is 10.1 Å². The van der Waals surface area contributed by atoms with Crippen LogP contribution in [0.4, 0.5) is 5.69 Å². The van der Waals surface area contributed by atoms with E-state index in [4.69, 9.17) is 9.47 Å². The highest BCUT2D eigenvalue weighted by Crippen LogP contribution is 2.23. The molecule has 0 radical (unpaired) electrons. The van der Waals surface area contributed by atoms with Crippen molar-refractivity contribution >= 4 is 17.6 Å². The van der Waals surface area contributed by atoms with Gasteiger partial charge in [-0.2, -0.15) is 0 Å². The van der Waals surface area contributed by atoms with Crippen LogP contribution in [0.1, 0.15) is 39.0 Å². The zero-order valence-corrected chi connectivity index (χ0v) is 12.7. The number of ether oxygens (including phenoxy) is 2. The molecule has 0 fully saturated rings. The topological polar surface area (TPSA) is 64.6 Å². The zero-order valence-electron chi connectivity index (χ0n) is 12.7.